The van der Waals surface area contributed by atoms with Crippen LogP contribution >= 0.6 is 9.07 Å². The average Bonchev–Trinajstić information content (AvgIpc) is 2.39. The van der Waals surface area contributed by atoms with Crippen molar-refractivity contribution in [1.82, 2.24) is 0 Å². The summed E-state index contributed by atoms with van der Waals surface area (Å²) in [5, 5.41) is 0. The minimum atomic E-state index is -0.647. The molecule has 0 bridgehead atoms. The summed E-state index contributed by atoms with van der Waals surface area (Å²) in [6.45, 7) is 2.68. The van der Waals surface area contributed by atoms with Gasteiger partial charge in [-0.2, -0.15) is 0 Å². The smallest absolute Gasteiger partial charge is 0.489 e. The predicted molar refractivity (Wildman–Crippen MR) is 73.2 cm³/mol. The van der Waals surface area contributed by atoms with Crippen LogP contribution in [0.1, 0.15) is 11.1 Å². The monoisotopic (exact) mass is 256 g/mol. The first kappa shape index (κ1) is 12.7. The standard InChI is InChI=1S/C14H13O.ClH.Mg/c1-12-7-5-6-10-14(12)15-11-13-8-3-2-4-9-13;;/h2-6,8-10H,11H2,1H3;1H;/q;;+1/p-1. The highest BCUT2D eigenvalue weighted by atomic mass is 35.5. The zero-order chi connectivity index (χ0) is 12.1. The van der Waals surface area contributed by atoms with Gasteiger partial charge in [-0.1, -0.05) is 42.5 Å². The van der Waals surface area contributed by atoms with E-state index in [1.165, 1.54) is 14.8 Å². The van der Waals surface area contributed by atoms with E-state index in [1.807, 2.05) is 30.3 Å². The van der Waals surface area contributed by atoms with Gasteiger partial charge >= 0.3 is 19.3 Å². The molecule has 0 radical (unpaired) electrons. The normalized spacial score (nSPS) is 9.76. The lowest BCUT2D eigenvalue weighted by Gasteiger charge is -2.11. The zero-order valence-corrected chi connectivity index (χ0v) is 12.0. The minimum Gasteiger partial charge on any atom is -0.489 e. The summed E-state index contributed by atoms with van der Waals surface area (Å²) in [7, 11) is 6.00. The first-order valence-corrected chi connectivity index (χ1v) is 8.47. The fourth-order valence-electron chi connectivity index (χ4n) is 1.70. The fraction of sp³-hybridized carbons (Fsp3) is 0.143. The van der Waals surface area contributed by atoms with Gasteiger partial charge in [-0.3, -0.25) is 0 Å². The van der Waals surface area contributed by atoms with Crippen molar-refractivity contribution in [2.45, 2.75) is 13.5 Å². The molecule has 0 fully saturated rings. The van der Waals surface area contributed by atoms with E-state index in [2.05, 4.69) is 25.1 Å². The lowest BCUT2D eigenvalue weighted by atomic mass is 10.2. The topological polar surface area (TPSA) is 9.23 Å². The molecule has 84 valence electrons. The molecule has 0 aromatic heterocycles. The number of hydrogen-bond acceptors (Lipinski definition) is 1. The maximum absolute atomic E-state index is 6.00. The molecule has 0 aliphatic rings. The van der Waals surface area contributed by atoms with Crippen molar-refractivity contribution >= 4 is 32.0 Å². The van der Waals surface area contributed by atoms with Crippen LogP contribution < -0.4 is 8.43 Å². The largest absolute Gasteiger partial charge is 0.538 e. The molecule has 0 aliphatic carbocycles. The average molecular weight is 257 g/mol. The first-order valence-electron chi connectivity index (χ1n) is 5.62. The van der Waals surface area contributed by atoms with Crippen LogP contribution in [0, 0.1) is 6.92 Å². The van der Waals surface area contributed by atoms with Crippen LogP contribution in [-0.2, 0) is 6.61 Å². The van der Waals surface area contributed by atoms with Crippen molar-refractivity contribution in [3.05, 3.63) is 59.7 Å². The van der Waals surface area contributed by atoms with E-state index < -0.39 is 19.3 Å². The molecule has 0 aliphatic heterocycles. The molecule has 0 amide bonds. The molecule has 1 nitrogen and oxygen atoms in total. The molecular weight excluding hydrogens is 244 g/mol. The lowest BCUT2D eigenvalue weighted by Crippen LogP contribution is -2.13. The second kappa shape index (κ2) is 6.29. The van der Waals surface area contributed by atoms with E-state index in [0.717, 1.165) is 5.75 Å². The fourth-order valence-corrected chi connectivity index (χ4v) is 3.16. The molecule has 2 rings (SSSR count). The molecule has 17 heavy (non-hydrogen) atoms. The van der Waals surface area contributed by atoms with Crippen LogP contribution in [0.2, 0.25) is 0 Å². The third-order valence-corrected chi connectivity index (χ3v) is 4.70. The molecule has 0 atom stereocenters. The second-order valence-electron chi connectivity index (χ2n) is 3.95. The van der Waals surface area contributed by atoms with Gasteiger partial charge in [-0.05, 0) is 24.1 Å². The van der Waals surface area contributed by atoms with Crippen LogP contribution in [0.25, 0.3) is 0 Å². The Kier molecular flexibility index (Phi) is 4.71. The van der Waals surface area contributed by atoms with Gasteiger partial charge < -0.3 is 13.8 Å². The number of halogens is 1. The van der Waals surface area contributed by atoms with E-state index in [-0.39, 0.29) is 0 Å². The van der Waals surface area contributed by atoms with Gasteiger partial charge in [0.2, 0.25) is 0 Å². The first-order chi connectivity index (χ1) is 8.31. The summed E-state index contributed by atoms with van der Waals surface area (Å²) in [6, 6.07) is 16.3. The Morgan fingerprint density at radius 1 is 1.06 bits per heavy atom. The SMILES string of the molecule is Cc1c(OCc2ccccc2)ccc[c]1[Mg][Cl]. The Bertz CT molecular complexity index is 485. The van der Waals surface area contributed by atoms with Crippen LogP contribution in [0.15, 0.2) is 48.5 Å². The van der Waals surface area contributed by atoms with Gasteiger partial charge in [0.05, 0.1) is 0 Å². The van der Waals surface area contributed by atoms with Crippen molar-refractivity contribution in [3.63, 3.8) is 0 Å². The Hall–Kier alpha value is -0.704. The van der Waals surface area contributed by atoms with E-state index in [4.69, 9.17) is 13.8 Å². The van der Waals surface area contributed by atoms with Gasteiger partial charge in [0.1, 0.15) is 12.4 Å². The van der Waals surface area contributed by atoms with Crippen LogP contribution in [0.5, 0.6) is 5.75 Å². The maximum atomic E-state index is 6.00. The molecule has 0 heterocycles. The van der Waals surface area contributed by atoms with E-state index in [0.29, 0.717) is 6.61 Å². The summed E-state index contributed by atoms with van der Waals surface area (Å²) in [5.74, 6) is 0.944. The van der Waals surface area contributed by atoms with Crippen LogP contribution in [-0.4, -0.2) is 19.3 Å². The lowest BCUT2D eigenvalue weighted by molar-refractivity contribution is 0.304. The summed E-state index contributed by atoms with van der Waals surface area (Å²) < 4.78 is 7.09. The van der Waals surface area contributed by atoms with Crippen LogP contribution in [0.3, 0.4) is 0 Å². The Morgan fingerprint density at radius 2 is 1.82 bits per heavy atom. The predicted octanol–water partition coefficient (Wildman–Crippen LogP) is 3.06. The maximum Gasteiger partial charge on any atom is 0.538 e. The third kappa shape index (κ3) is 3.38. The summed E-state index contributed by atoms with van der Waals surface area (Å²) in [6.07, 6.45) is 0. The summed E-state index contributed by atoms with van der Waals surface area (Å²) >= 11 is -0.647. The highest BCUT2D eigenvalue weighted by Gasteiger charge is 2.05. The quantitative estimate of drug-likeness (QED) is 0.765. The minimum absolute atomic E-state index is 0.606. The van der Waals surface area contributed by atoms with Gasteiger partial charge in [0.25, 0.3) is 0 Å². The van der Waals surface area contributed by atoms with Crippen molar-refractivity contribution in [3.8, 4) is 5.75 Å². The Balaban J connectivity index is 2.09. The van der Waals surface area contributed by atoms with E-state index >= 15 is 0 Å². The van der Waals surface area contributed by atoms with Gasteiger partial charge in [-0.25, -0.2) is 0 Å². The molecule has 2 aromatic carbocycles. The third-order valence-electron chi connectivity index (χ3n) is 2.78. The molecule has 2 aromatic rings. The Labute approximate surface area is 115 Å². The van der Waals surface area contributed by atoms with Gasteiger partial charge in [0, 0.05) is 0 Å². The second-order valence-corrected chi connectivity index (χ2v) is 5.78. The van der Waals surface area contributed by atoms with E-state index in [1.54, 1.807) is 0 Å². The summed E-state index contributed by atoms with van der Waals surface area (Å²) in [5.41, 5.74) is 2.37. The molecule has 0 N–H and O–H groups in total. The number of hydrogen-bond donors (Lipinski definition) is 0. The van der Waals surface area contributed by atoms with Crippen molar-refractivity contribution < 1.29 is 4.74 Å². The molecule has 0 saturated carbocycles. The molecule has 3 heteroatoms. The van der Waals surface area contributed by atoms with E-state index in [9.17, 15) is 0 Å². The highest BCUT2D eigenvalue weighted by Crippen LogP contribution is 2.16. The Morgan fingerprint density at radius 3 is 2.53 bits per heavy atom. The zero-order valence-electron chi connectivity index (χ0n) is 9.82. The number of ether oxygens (including phenoxy) is 1. The van der Waals surface area contributed by atoms with Crippen molar-refractivity contribution in [2.75, 3.05) is 0 Å². The van der Waals surface area contributed by atoms with Crippen molar-refractivity contribution in [1.29, 1.82) is 0 Å². The van der Waals surface area contributed by atoms with Gasteiger partial charge in [-0.15, -0.1) is 3.69 Å². The van der Waals surface area contributed by atoms with Gasteiger partial charge in [0.15, 0.2) is 0 Å². The molecule has 0 spiro atoms. The molecule has 0 unspecified atom stereocenters. The number of rotatable bonds is 4. The van der Waals surface area contributed by atoms with Crippen molar-refractivity contribution in [2.24, 2.45) is 0 Å². The summed E-state index contributed by atoms with van der Waals surface area (Å²) in [4.78, 5) is 0. The van der Waals surface area contributed by atoms with Crippen LogP contribution in [0.4, 0.5) is 0 Å². The molecule has 0 saturated heterocycles. The highest BCUT2D eigenvalue weighted by molar-refractivity contribution is 7.01. The number of benzene rings is 2. The molecular formula is C14H13ClMgO.